The van der Waals surface area contributed by atoms with E-state index in [0.717, 1.165) is 12.2 Å². The molecule has 1 N–H and O–H groups in total. The highest BCUT2D eigenvalue weighted by Gasteiger charge is 1.96. The van der Waals surface area contributed by atoms with Crippen molar-refractivity contribution in [3.05, 3.63) is 24.5 Å². The molecule has 0 saturated heterocycles. The molecule has 0 saturated carbocycles. The maximum Gasteiger partial charge on any atom is 0.211 e. The number of nitrogens with one attached hydrogen (secondary N) is 1. The summed E-state index contributed by atoms with van der Waals surface area (Å²) in [4.78, 5) is 10.1. The summed E-state index contributed by atoms with van der Waals surface area (Å²) in [6.45, 7) is 2.96. The van der Waals surface area contributed by atoms with Gasteiger partial charge in [-0.2, -0.15) is 0 Å². The Morgan fingerprint density at radius 1 is 1.73 bits per heavy atom. The number of amides is 1. The number of rotatable bonds is 3. The van der Waals surface area contributed by atoms with Gasteiger partial charge in [-0.1, -0.05) is 0 Å². The predicted molar refractivity (Wildman–Crippen MR) is 42.0 cm³/mol. The molecule has 0 bridgehead atoms. The Morgan fingerprint density at radius 3 is 3.18 bits per heavy atom. The molecule has 0 aliphatic heterocycles. The van der Waals surface area contributed by atoms with Gasteiger partial charge in [0, 0.05) is 6.07 Å². The fourth-order valence-electron chi connectivity index (χ4n) is 0.872. The summed E-state index contributed by atoms with van der Waals surface area (Å²) in [6.07, 6.45) is 4.51. The van der Waals surface area contributed by atoms with Gasteiger partial charge in [0.2, 0.25) is 6.41 Å². The zero-order chi connectivity index (χ0) is 8.10. The first-order valence-electron chi connectivity index (χ1n) is 3.56. The maximum atomic E-state index is 10.1. The average Bonchev–Trinajstić information content (AvgIpc) is 2.06. The van der Waals surface area contributed by atoms with E-state index >= 15 is 0 Å². The molecule has 0 atom stereocenters. The largest absolute Gasteiger partial charge is 0.324 e. The van der Waals surface area contributed by atoms with E-state index < -0.39 is 0 Å². The monoisotopic (exact) mass is 151 g/mol. The molecule has 0 unspecified atom stereocenters. The second-order valence-electron chi connectivity index (χ2n) is 2.19. The molecule has 58 valence electrons. The van der Waals surface area contributed by atoms with Crippen molar-refractivity contribution in [2.75, 3.05) is 5.32 Å². The van der Waals surface area contributed by atoms with Crippen molar-refractivity contribution in [3.8, 4) is 0 Å². The van der Waals surface area contributed by atoms with Crippen molar-refractivity contribution < 1.29 is 9.36 Å². The van der Waals surface area contributed by atoms with Crippen LogP contribution in [-0.2, 0) is 11.3 Å². The molecule has 0 fully saturated rings. The van der Waals surface area contributed by atoms with E-state index in [4.69, 9.17) is 0 Å². The minimum absolute atomic E-state index is 0.676. The minimum atomic E-state index is 0.676. The molecule has 3 heteroatoms. The van der Waals surface area contributed by atoms with Crippen LogP contribution >= 0.6 is 0 Å². The van der Waals surface area contributed by atoms with Crippen molar-refractivity contribution in [1.82, 2.24) is 0 Å². The summed E-state index contributed by atoms with van der Waals surface area (Å²) in [5.41, 5.74) is 0.823. The highest BCUT2D eigenvalue weighted by Crippen LogP contribution is 1.98. The third kappa shape index (κ3) is 2.04. The predicted octanol–water partition coefficient (Wildman–Crippen LogP) is 0.562. The van der Waals surface area contributed by atoms with Gasteiger partial charge in [0.25, 0.3) is 0 Å². The molecule has 11 heavy (non-hydrogen) atoms. The van der Waals surface area contributed by atoms with Crippen molar-refractivity contribution in [2.45, 2.75) is 13.5 Å². The van der Waals surface area contributed by atoms with Crippen LogP contribution in [0.4, 0.5) is 5.69 Å². The molecule has 0 radical (unpaired) electrons. The number of hydrogen-bond acceptors (Lipinski definition) is 1. The number of carbonyl (C=O) groups excluding carboxylic acids is 1. The Kier molecular flexibility index (Phi) is 2.60. The number of pyridine rings is 1. The van der Waals surface area contributed by atoms with Gasteiger partial charge in [0.1, 0.15) is 12.2 Å². The number of aryl methyl sites for hydroxylation is 1. The minimum Gasteiger partial charge on any atom is -0.324 e. The molecule has 1 aromatic rings. The summed E-state index contributed by atoms with van der Waals surface area (Å²) in [6, 6.07) is 3.75. The number of aromatic nitrogens is 1. The van der Waals surface area contributed by atoms with E-state index in [1.807, 2.05) is 36.0 Å². The van der Waals surface area contributed by atoms with E-state index in [2.05, 4.69) is 5.32 Å². The lowest BCUT2D eigenvalue weighted by Crippen LogP contribution is -2.31. The van der Waals surface area contributed by atoms with Crippen LogP contribution in [0.1, 0.15) is 6.92 Å². The van der Waals surface area contributed by atoms with Gasteiger partial charge >= 0.3 is 0 Å². The molecule has 1 heterocycles. The topological polar surface area (TPSA) is 33.0 Å². The first-order valence-corrected chi connectivity index (χ1v) is 3.56. The van der Waals surface area contributed by atoms with Crippen molar-refractivity contribution in [1.29, 1.82) is 0 Å². The van der Waals surface area contributed by atoms with E-state index in [9.17, 15) is 4.79 Å². The molecule has 1 amide bonds. The number of anilines is 1. The van der Waals surface area contributed by atoms with Crippen LogP contribution in [0, 0.1) is 0 Å². The van der Waals surface area contributed by atoms with Gasteiger partial charge in [0.05, 0.1) is 0 Å². The maximum absolute atomic E-state index is 10.1. The molecule has 0 aliphatic rings. The fraction of sp³-hybridized carbons (Fsp3) is 0.250. The van der Waals surface area contributed by atoms with Gasteiger partial charge in [0.15, 0.2) is 12.4 Å². The van der Waals surface area contributed by atoms with Crippen LogP contribution in [0.25, 0.3) is 0 Å². The van der Waals surface area contributed by atoms with Crippen molar-refractivity contribution in [2.24, 2.45) is 0 Å². The van der Waals surface area contributed by atoms with Gasteiger partial charge in [-0.3, -0.25) is 4.79 Å². The zero-order valence-corrected chi connectivity index (χ0v) is 6.45. The molecule has 0 spiro atoms. The summed E-state index contributed by atoms with van der Waals surface area (Å²) in [5, 5.41) is 2.58. The molecule has 1 rings (SSSR count). The van der Waals surface area contributed by atoms with Crippen LogP contribution in [0.15, 0.2) is 24.5 Å². The zero-order valence-electron chi connectivity index (χ0n) is 6.45. The molecule has 0 aromatic carbocycles. The smallest absolute Gasteiger partial charge is 0.211 e. The van der Waals surface area contributed by atoms with Crippen molar-refractivity contribution >= 4 is 12.1 Å². The molecule has 0 aliphatic carbocycles. The van der Waals surface area contributed by atoms with Gasteiger partial charge in [-0.05, 0) is 13.0 Å². The quantitative estimate of drug-likeness (QED) is 0.497. The van der Waals surface area contributed by atoms with Crippen LogP contribution in [0.3, 0.4) is 0 Å². The van der Waals surface area contributed by atoms with E-state index in [-0.39, 0.29) is 0 Å². The third-order valence-corrected chi connectivity index (χ3v) is 1.45. The summed E-state index contributed by atoms with van der Waals surface area (Å²) in [5.74, 6) is 0. The lowest BCUT2D eigenvalue weighted by Gasteiger charge is -1.95. The Morgan fingerprint density at radius 2 is 2.55 bits per heavy atom. The Balaban J connectivity index is 2.82. The number of carbonyl (C=O) groups is 1. The first kappa shape index (κ1) is 7.72. The van der Waals surface area contributed by atoms with Crippen LogP contribution in [0.2, 0.25) is 0 Å². The van der Waals surface area contributed by atoms with Gasteiger partial charge in [-0.15, -0.1) is 0 Å². The Bertz CT molecular complexity index is 248. The molecule has 3 nitrogen and oxygen atoms in total. The second kappa shape index (κ2) is 3.71. The van der Waals surface area contributed by atoms with E-state index in [0.29, 0.717) is 6.41 Å². The molecule has 1 aromatic heterocycles. The SMILES string of the molecule is CC[n+]1cccc(NC=O)c1. The van der Waals surface area contributed by atoms with Crippen LogP contribution in [-0.4, -0.2) is 6.41 Å². The highest BCUT2D eigenvalue weighted by molar-refractivity contribution is 5.69. The van der Waals surface area contributed by atoms with Gasteiger partial charge < -0.3 is 5.32 Å². The lowest BCUT2D eigenvalue weighted by atomic mass is 10.4. The highest BCUT2D eigenvalue weighted by atomic mass is 16.1. The summed E-state index contributed by atoms with van der Waals surface area (Å²) >= 11 is 0. The number of hydrogen-bond donors (Lipinski definition) is 1. The average molecular weight is 151 g/mol. The molecular formula is C8H11N2O+. The molecular weight excluding hydrogens is 140 g/mol. The summed E-state index contributed by atoms with van der Waals surface area (Å²) in [7, 11) is 0. The second-order valence-corrected chi connectivity index (χ2v) is 2.19. The third-order valence-electron chi connectivity index (χ3n) is 1.45. The Hall–Kier alpha value is -1.38. The fourth-order valence-corrected chi connectivity index (χ4v) is 0.872. The van der Waals surface area contributed by atoms with E-state index in [1.165, 1.54) is 0 Å². The number of nitrogens with zero attached hydrogens (tertiary/aromatic N) is 1. The lowest BCUT2D eigenvalue weighted by molar-refractivity contribution is -0.692. The van der Waals surface area contributed by atoms with Crippen LogP contribution in [0.5, 0.6) is 0 Å². The van der Waals surface area contributed by atoms with Crippen LogP contribution < -0.4 is 9.88 Å². The van der Waals surface area contributed by atoms with Crippen molar-refractivity contribution in [3.63, 3.8) is 0 Å². The Labute approximate surface area is 65.7 Å². The normalized spacial score (nSPS) is 9.18. The summed E-state index contributed by atoms with van der Waals surface area (Å²) < 4.78 is 1.99. The van der Waals surface area contributed by atoms with Gasteiger partial charge in [-0.25, -0.2) is 4.57 Å². The van der Waals surface area contributed by atoms with E-state index in [1.54, 1.807) is 0 Å². The standard InChI is InChI=1S/C8H10N2O/c1-2-10-5-3-4-8(6-10)9-7-11/h3-7H,2H2,1H3/p+1. The first-order chi connectivity index (χ1) is 5.36.